The minimum absolute atomic E-state index is 0.0221. The summed E-state index contributed by atoms with van der Waals surface area (Å²) in [5.41, 5.74) is 1.10. The molecule has 0 spiro atoms. The van der Waals surface area contributed by atoms with Crippen LogP contribution in [-0.4, -0.2) is 50.4 Å². The van der Waals surface area contributed by atoms with Crippen molar-refractivity contribution in [2.75, 3.05) is 17.5 Å². The number of nitrogens with zero attached hydrogens (tertiary/aromatic N) is 2. The lowest BCUT2D eigenvalue weighted by molar-refractivity contribution is -0.139. The molecule has 0 unspecified atom stereocenters. The molecule has 1 fully saturated rings. The van der Waals surface area contributed by atoms with Gasteiger partial charge in [-0.25, -0.2) is 8.42 Å². The summed E-state index contributed by atoms with van der Waals surface area (Å²) in [5, 5.41) is 3.62. The molecule has 1 aliphatic carbocycles. The summed E-state index contributed by atoms with van der Waals surface area (Å²) < 4.78 is 34.4. The summed E-state index contributed by atoms with van der Waals surface area (Å²) in [6.07, 6.45) is 3.93. The third-order valence-electron chi connectivity index (χ3n) is 7.18. The van der Waals surface area contributed by atoms with Crippen LogP contribution in [0.1, 0.15) is 45.1 Å². The molecule has 218 valence electrons. The molecule has 8 nitrogen and oxygen atoms in total. The Bertz CT molecular complexity index is 1410. The van der Waals surface area contributed by atoms with Gasteiger partial charge in [0.1, 0.15) is 18.3 Å². The van der Waals surface area contributed by atoms with E-state index in [0.29, 0.717) is 23.1 Å². The SMILES string of the molecule is CCOc1ccc(S(=O)(=O)N(CC(=O)N(Cc2ccc(Cl)cc2)[C@@H](C)C(=O)NC2CCCC2)c2ccccc2)cc1. The zero-order valence-corrected chi connectivity index (χ0v) is 24.9. The lowest BCUT2D eigenvalue weighted by Crippen LogP contribution is -2.52. The standard InChI is InChI=1S/C31H36ClN3O5S/c1-3-40-28-17-19-29(20-18-28)41(38,39)35(27-11-5-4-6-12-27)22-30(36)34(21-24-13-15-25(32)16-14-24)23(2)31(37)33-26-9-7-8-10-26/h4-6,11-20,23,26H,3,7-10,21-22H2,1-2H3,(H,33,37)/t23-/m0/s1. The Morgan fingerprint density at radius 2 is 1.61 bits per heavy atom. The van der Waals surface area contributed by atoms with Gasteiger partial charge in [-0.3, -0.25) is 13.9 Å². The highest BCUT2D eigenvalue weighted by molar-refractivity contribution is 7.92. The minimum Gasteiger partial charge on any atom is -0.494 e. The number of hydrogen-bond donors (Lipinski definition) is 1. The second-order valence-electron chi connectivity index (χ2n) is 10.1. The van der Waals surface area contributed by atoms with Gasteiger partial charge in [0.15, 0.2) is 0 Å². The Kier molecular flexibility index (Phi) is 10.3. The van der Waals surface area contributed by atoms with Crippen molar-refractivity contribution in [3.63, 3.8) is 0 Å². The predicted octanol–water partition coefficient (Wildman–Crippen LogP) is 5.41. The molecule has 0 aliphatic heterocycles. The number of amides is 2. The summed E-state index contributed by atoms with van der Waals surface area (Å²) in [4.78, 5) is 28.7. The van der Waals surface area contributed by atoms with E-state index in [-0.39, 0.29) is 23.4 Å². The van der Waals surface area contributed by atoms with Gasteiger partial charge in [-0.15, -0.1) is 0 Å². The quantitative estimate of drug-likeness (QED) is 0.301. The fourth-order valence-corrected chi connectivity index (χ4v) is 6.43. The molecule has 3 aromatic carbocycles. The fraction of sp³-hybridized carbons (Fsp3) is 0.355. The molecule has 0 aromatic heterocycles. The monoisotopic (exact) mass is 597 g/mol. The Morgan fingerprint density at radius 1 is 0.976 bits per heavy atom. The largest absolute Gasteiger partial charge is 0.494 e. The van der Waals surface area contributed by atoms with Crippen LogP contribution in [-0.2, 0) is 26.2 Å². The molecule has 1 N–H and O–H groups in total. The Labute approximate surface area is 247 Å². The molecule has 2 amide bonds. The highest BCUT2D eigenvalue weighted by Crippen LogP contribution is 2.26. The summed E-state index contributed by atoms with van der Waals surface area (Å²) in [5.74, 6) is -0.225. The molecule has 10 heteroatoms. The minimum atomic E-state index is -4.15. The summed E-state index contributed by atoms with van der Waals surface area (Å²) in [6, 6.07) is 20.8. The average molecular weight is 598 g/mol. The van der Waals surface area contributed by atoms with Crippen LogP contribution in [0.3, 0.4) is 0 Å². The van der Waals surface area contributed by atoms with Crippen LogP contribution in [0.5, 0.6) is 5.75 Å². The van der Waals surface area contributed by atoms with Crippen molar-refractivity contribution in [2.45, 2.75) is 63.1 Å². The van der Waals surface area contributed by atoms with E-state index >= 15 is 0 Å². The lowest BCUT2D eigenvalue weighted by Gasteiger charge is -2.32. The van der Waals surface area contributed by atoms with Gasteiger partial charge in [0, 0.05) is 17.6 Å². The number of ether oxygens (including phenoxy) is 1. The molecule has 4 rings (SSSR count). The predicted molar refractivity (Wildman–Crippen MR) is 160 cm³/mol. The number of carbonyl (C=O) groups excluding carboxylic acids is 2. The van der Waals surface area contributed by atoms with E-state index in [2.05, 4.69) is 5.32 Å². The van der Waals surface area contributed by atoms with Gasteiger partial charge in [-0.05, 0) is 80.8 Å². The van der Waals surface area contributed by atoms with Crippen molar-refractivity contribution in [1.82, 2.24) is 10.2 Å². The molecule has 0 radical (unpaired) electrons. The maximum Gasteiger partial charge on any atom is 0.264 e. The Balaban J connectivity index is 1.65. The van der Waals surface area contributed by atoms with Gasteiger partial charge in [0.2, 0.25) is 11.8 Å². The molecule has 0 bridgehead atoms. The lowest BCUT2D eigenvalue weighted by atomic mass is 10.1. The summed E-state index contributed by atoms with van der Waals surface area (Å²) >= 11 is 6.07. The van der Waals surface area contributed by atoms with Crippen LogP contribution in [0.15, 0.2) is 83.8 Å². The zero-order valence-electron chi connectivity index (χ0n) is 23.3. The maximum absolute atomic E-state index is 14.0. The van der Waals surface area contributed by atoms with Crippen molar-refractivity contribution >= 4 is 39.1 Å². The van der Waals surface area contributed by atoms with E-state index in [1.54, 1.807) is 73.7 Å². The van der Waals surface area contributed by atoms with Crippen LogP contribution < -0.4 is 14.4 Å². The number of rotatable bonds is 12. The van der Waals surface area contributed by atoms with Crippen molar-refractivity contribution < 1.29 is 22.7 Å². The normalized spacial score (nSPS) is 14.3. The first-order valence-corrected chi connectivity index (χ1v) is 15.7. The third-order valence-corrected chi connectivity index (χ3v) is 9.22. The van der Waals surface area contributed by atoms with Crippen LogP contribution >= 0.6 is 11.6 Å². The van der Waals surface area contributed by atoms with Gasteiger partial charge in [-0.2, -0.15) is 0 Å². The molecule has 1 atom stereocenters. The number of nitrogens with one attached hydrogen (secondary N) is 1. The Morgan fingerprint density at radius 3 is 2.22 bits per heavy atom. The number of para-hydroxylation sites is 1. The zero-order chi connectivity index (χ0) is 29.4. The smallest absolute Gasteiger partial charge is 0.264 e. The third kappa shape index (κ3) is 7.80. The number of carbonyl (C=O) groups is 2. The topological polar surface area (TPSA) is 96.0 Å². The number of sulfonamides is 1. The van der Waals surface area contributed by atoms with Crippen LogP contribution in [0.4, 0.5) is 5.69 Å². The van der Waals surface area contributed by atoms with Crippen molar-refractivity contribution in [2.24, 2.45) is 0 Å². The van der Waals surface area contributed by atoms with Gasteiger partial charge < -0.3 is 15.0 Å². The number of halogens is 1. The second kappa shape index (κ2) is 13.9. The van der Waals surface area contributed by atoms with Gasteiger partial charge >= 0.3 is 0 Å². The van der Waals surface area contributed by atoms with Crippen molar-refractivity contribution in [3.05, 3.63) is 89.4 Å². The van der Waals surface area contributed by atoms with E-state index < -0.39 is 28.5 Å². The first-order chi connectivity index (χ1) is 19.7. The van der Waals surface area contributed by atoms with E-state index in [1.165, 1.54) is 17.0 Å². The van der Waals surface area contributed by atoms with Crippen LogP contribution in [0, 0.1) is 0 Å². The highest BCUT2D eigenvalue weighted by atomic mass is 35.5. The van der Waals surface area contributed by atoms with Gasteiger partial charge in [0.25, 0.3) is 10.0 Å². The van der Waals surface area contributed by atoms with Crippen LogP contribution in [0.2, 0.25) is 5.02 Å². The van der Waals surface area contributed by atoms with E-state index in [0.717, 1.165) is 35.6 Å². The number of anilines is 1. The van der Waals surface area contributed by atoms with Crippen molar-refractivity contribution in [3.8, 4) is 5.75 Å². The molecule has 0 heterocycles. The van der Waals surface area contributed by atoms with Crippen molar-refractivity contribution in [1.29, 1.82) is 0 Å². The molecule has 3 aromatic rings. The van der Waals surface area contributed by atoms with Gasteiger partial charge in [-0.1, -0.05) is 54.8 Å². The van der Waals surface area contributed by atoms with Crippen LogP contribution in [0.25, 0.3) is 0 Å². The first-order valence-electron chi connectivity index (χ1n) is 13.8. The summed E-state index contributed by atoms with van der Waals surface area (Å²) in [7, 11) is -4.15. The first kappa shape index (κ1) is 30.4. The molecule has 1 saturated carbocycles. The fourth-order valence-electron chi connectivity index (χ4n) is 4.89. The highest BCUT2D eigenvalue weighted by Gasteiger charge is 2.33. The molecule has 41 heavy (non-hydrogen) atoms. The number of benzene rings is 3. The molecule has 1 aliphatic rings. The summed E-state index contributed by atoms with van der Waals surface area (Å²) in [6.45, 7) is 3.59. The molecular formula is C31H36ClN3O5S. The maximum atomic E-state index is 14.0. The number of hydrogen-bond acceptors (Lipinski definition) is 5. The molecular weight excluding hydrogens is 562 g/mol. The Hall–Kier alpha value is -3.56. The average Bonchev–Trinajstić information content (AvgIpc) is 3.49. The van der Waals surface area contributed by atoms with E-state index in [4.69, 9.17) is 16.3 Å². The van der Waals surface area contributed by atoms with E-state index in [9.17, 15) is 18.0 Å². The second-order valence-corrected chi connectivity index (χ2v) is 12.4. The van der Waals surface area contributed by atoms with Gasteiger partial charge in [0.05, 0.1) is 17.2 Å². The van der Waals surface area contributed by atoms with E-state index in [1.807, 2.05) is 6.92 Å². The molecule has 0 saturated heterocycles.